The molecule has 0 N–H and O–H groups in total. The van der Waals surface area contributed by atoms with E-state index in [9.17, 15) is 0 Å². The SMILES string of the molecule is CC(C)[SiH2]O[Si](C)(C)O[Si](C)(C)C.CO[Si](C)(C)C(C)C. The Hall–Kier alpha value is 0.748. The van der Waals surface area contributed by atoms with Crippen molar-refractivity contribution in [3.8, 4) is 0 Å². The van der Waals surface area contributed by atoms with E-state index < -0.39 is 25.2 Å². The lowest BCUT2D eigenvalue weighted by molar-refractivity contribution is 0.395. The minimum atomic E-state index is -1.78. The summed E-state index contributed by atoms with van der Waals surface area (Å²) in [6.45, 7) is 24.4. The first-order chi connectivity index (χ1) is 9.13. The van der Waals surface area contributed by atoms with Gasteiger partial charge in [-0.25, -0.2) is 0 Å². The van der Waals surface area contributed by atoms with Gasteiger partial charge in [-0.2, -0.15) is 0 Å². The summed E-state index contributed by atoms with van der Waals surface area (Å²) in [7, 11) is -2.99. The number of hydrogen-bond donors (Lipinski definition) is 0. The predicted octanol–water partition coefficient (Wildman–Crippen LogP) is 4.72. The van der Waals surface area contributed by atoms with Gasteiger partial charge in [0, 0.05) is 7.11 Å². The van der Waals surface area contributed by atoms with Crippen molar-refractivity contribution in [3.63, 3.8) is 0 Å². The molecule has 0 heterocycles. The molecule has 0 radical (unpaired) electrons. The second kappa shape index (κ2) is 9.79. The van der Waals surface area contributed by atoms with Crippen molar-refractivity contribution in [1.82, 2.24) is 0 Å². The monoisotopic (exact) mass is 368 g/mol. The standard InChI is InChI=1S/C8H24O2Si3.C6H16OSi/c1-8(2)11-9-13(6,7)10-12(3,4)5;1-6(2)8(4,5)7-3/h8H,11H2,1-7H3;6H,1-5H3. The van der Waals surface area contributed by atoms with E-state index in [0.717, 1.165) is 11.1 Å². The average molecular weight is 369 g/mol. The van der Waals surface area contributed by atoms with Gasteiger partial charge in [-0.15, -0.1) is 0 Å². The van der Waals surface area contributed by atoms with Crippen LogP contribution in [0, 0.1) is 0 Å². The predicted molar refractivity (Wildman–Crippen MR) is 106 cm³/mol. The zero-order valence-electron chi connectivity index (χ0n) is 16.6. The number of rotatable bonds is 7. The lowest BCUT2D eigenvalue weighted by Gasteiger charge is -2.31. The van der Waals surface area contributed by atoms with E-state index in [1.54, 1.807) is 0 Å². The Morgan fingerprint density at radius 1 is 0.810 bits per heavy atom. The largest absolute Gasteiger partial charge is 0.442 e. The first-order valence-electron chi connectivity index (χ1n) is 8.02. The molecule has 0 spiro atoms. The molecule has 0 aliphatic rings. The molecule has 0 aliphatic carbocycles. The van der Waals surface area contributed by atoms with E-state index in [2.05, 4.69) is 73.5 Å². The maximum atomic E-state index is 6.07. The van der Waals surface area contributed by atoms with E-state index in [-0.39, 0.29) is 9.76 Å². The Balaban J connectivity index is 0. The minimum absolute atomic E-state index is 0.368. The van der Waals surface area contributed by atoms with Crippen LogP contribution in [0.25, 0.3) is 0 Å². The highest BCUT2D eigenvalue weighted by Gasteiger charge is 2.31. The van der Waals surface area contributed by atoms with E-state index in [0.29, 0.717) is 0 Å². The van der Waals surface area contributed by atoms with Crippen LogP contribution in [-0.4, -0.2) is 42.1 Å². The van der Waals surface area contributed by atoms with Gasteiger partial charge in [0.1, 0.15) is 0 Å². The summed E-state index contributed by atoms with van der Waals surface area (Å²) >= 11 is 0. The van der Waals surface area contributed by atoms with Crippen LogP contribution in [0.1, 0.15) is 27.7 Å². The second-order valence-corrected chi connectivity index (χ2v) is 24.0. The van der Waals surface area contributed by atoms with Gasteiger partial charge >= 0.3 is 8.56 Å². The molecular weight excluding hydrogens is 328 g/mol. The van der Waals surface area contributed by atoms with Gasteiger partial charge in [0.05, 0.1) is 0 Å². The molecule has 0 rings (SSSR count). The zero-order chi connectivity index (χ0) is 17.5. The fourth-order valence-electron chi connectivity index (χ4n) is 1.37. The van der Waals surface area contributed by atoms with Gasteiger partial charge in [0.25, 0.3) is 0 Å². The molecule has 0 unspecified atom stereocenters. The van der Waals surface area contributed by atoms with Crippen LogP contribution in [-0.2, 0) is 12.7 Å². The second-order valence-electron chi connectivity index (χ2n) is 8.28. The van der Waals surface area contributed by atoms with E-state index in [1.807, 2.05) is 7.11 Å². The molecule has 0 aromatic heterocycles. The third-order valence-electron chi connectivity index (χ3n) is 3.23. The van der Waals surface area contributed by atoms with Gasteiger partial charge in [0.15, 0.2) is 26.4 Å². The quantitative estimate of drug-likeness (QED) is 0.609. The molecule has 0 bridgehead atoms. The normalized spacial score (nSPS) is 14.0. The molecule has 0 aromatic rings. The van der Waals surface area contributed by atoms with E-state index in [4.69, 9.17) is 12.7 Å². The first-order valence-corrected chi connectivity index (χ1v) is 18.6. The van der Waals surface area contributed by atoms with Crippen molar-refractivity contribution in [2.75, 3.05) is 7.11 Å². The highest BCUT2D eigenvalue weighted by Crippen LogP contribution is 2.19. The van der Waals surface area contributed by atoms with Gasteiger partial charge in [-0.1, -0.05) is 27.7 Å². The molecule has 7 heteroatoms. The summed E-state index contributed by atoms with van der Waals surface area (Å²) < 4.78 is 17.4. The highest BCUT2D eigenvalue weighted by molar-refractivity contribution is 6.82. The molecule has 21 heavy (non-hydrogen) atoms. The van der Waals surface area contributed by atoms with Crippen molar-refractivity contribution in [1.29, 1.82) is 0 Å². The molecule has 0 saturated carbocycles. The van der Waals surface area contributed by atoms with Gasteiger partial charge in [-0.05, 0) is 56.9 Å². The molecule has 3 nitrogen and oxygen atoms in total. The maximum Gasteiger partial charge on any atom is 0.310 e. The molecule has 0 saturated heterocycles. The maximum absolute atomic E-state index is 6.07. The summed E-state index contributed by atoms with van der Waals surface area (Å²) in [6.07, 6.45) is 0. The Kier molecular flexibility index (Phi) is 11.2. The van der Waals surface area contributed by atoms with Crippen molar-refractivity contribution in [2.45, 2.75) is 84.6 Å². The average Bonchev–Trinajstić information content (AvgIpc) is 2.24. The third-order valence-corrected chi connectivity index (χ3v) is 15.6. The van der Waals surface area contributed by atoms with Gasteiger partial charge in [0.2, 0.25) is 0 Å². The van der Waals surface area contributed by atoms with Crippen LogP contribution in [0.2, 0.25) is 56.9 Å². The van der Waals surface area contributed by atoms with Crippen molar-refractivity contribution in [2.24, 2.45) is 0 Å². The van der Waals surface area contributed by atoms with Crippen LogP contribution in [0.4, 0.5) is 0 Å². The van der Waals surface area contributed by atoms with Crippen molar-refractivity contribution in [3.05, 3.63) is 0 Å². The Bertz CT molecular complexity index is 274. The minimum Gasteiger partial charge on any atom is -0.442 e. The van der Waals surface area contributed by atoms with Gasteiger partial charge < -0.3 is 12.7 Å². The fourth-order valence-corrected chi connectivity index (χ4v) is 11.4. The molecule has 0 amide bonds. The van der Waals surface area contributed by atoms with Crippen molar-refractivity contribution < 1.29 is 12.7 Å². The van der Waals surface area contributed by atoms with Crippen LogP contribution in [0.15, 0.2) is 0 Å². The number of hydrogen-bond acceptors (Lipinski definition) is 3. The smallest absolute Gasteiger partial charge is 0.310 e. The van der Waals surface area contributed by atoms with Crippen LogP contribution >= 0.6 is 0 Å². The summed E-state index contributed by atoms with van der Waals surface area (Å²) in [5, 5.41) is 0. The summed E-state index contributed by atoms with van der Waals surface area (Å²) in [6, 6.07) is 0. The molecule has 130 valence electrons. The summed E-state index contributed by atoms with van der Waals surface area (Å²) in [4.78, 5) is 0. The van der Waals surface area contributed by atoms with E-state index in [1.165, 1.54) is 0 Å². The van der Waals surface area contributed by atoms with Crippen LogP contribution < -0.4 is 0 Å². The summed E-state index contributed by atoms with van der Waals surface area (Å²) in [5.74, 6) is 0. The summed E-state index contributed by atoms with van der Waals surface area (Å²) in [5.41, 5.74) is 1.46. The Morgan fingerprint density at radius 2 is 1.24 bits per heavy atom. The topological polar surface area (TPSA) is 27.7 Å². The lowest BCUT2D eigenvalue weighted by atomic mass is 10.6. The fraction of sp³-hybridized carbons (Fsp3) is 1.00. The van der Waals surface area contributed by atoms with Crippen LogP contribution in [0.3, 0.4) is 0 Å². The van der Waals surface area contributed by atoms with Crippen LogP contribution in [0.5, 0.6) is 0 Å². The zero-order valence-corrected chi connectivity index (χ0v) is 21.0. The first kappa shape index (κ1) is 24.0. The molecular formula is C14H40O3Si4. The molecule has 0 atom stereocenters. The van der Waals surface area contributed by atoms with Gasteiger partial charge in [-0.3, -0.25) is 0 Å². The molecule has 0 aromatic carbocycles. The van der Waals surface area contributed by atoms with E-state index >= 15 is 0 Å². The van der Waals surface area contributed by atoms with Crippen molar-refractivity contribution >= 4 is 35.0 Å². The Morgan fingerprint density at radius 3 is 1.43 bits per heavy atom. The Labute approximate surface area is 139 Å². The lowest BCUT2D eigenvalue weighted by Crippen LogP contribution is -2.45. The highest BCUT2D eigenvalue weighted by atomic mass is 28.5. The molecule has 0 fully saturated rings. The molecule has 0 aliphatic heterocycles. The third kappa shape index (κ3) is 15.4.